The number of hydrogen-bond donors (Lipinski definition) is 3. The first-order valence-electron chi connectivity index (χ1n) is 9.75. The molecule has 2 unspecified atom stereocenters. The topological polar surface area (TPSA) is 106 Å². The molecule has 3 N–H and O–H groups in total. The highest BCUT2D eigenvalue weighted by atomic mass is 31.2. The number of aliphatic hydroxyl groups excluding tert-OH is 1. The number of rotatable bonds is 9. The zero-order chi connectivity index (χ0) is 21.8. The second kappa shape index (κ2) is 10.0. The first-order valence-corrected chi connectivity index (χ1v) is 12.8. The highest BCUT2D eigenvalue weighted by molar-refractivity contribution is 7.72. The molecular weight excluding hydrogens is 393 g/mol. The fraction of sp³-hybridized carbons (Fsp3) is 0.650. The van der Waals surface area contributed by atoms with E-state index in [0.717, 1.165) is 6.16 Å². The van der Waals surface area contributed by atoms with Gasteiger partial charge in [0.25, 0.3) is 5.56 Å². The third-order valence-electron chi connectivity index (χ3n) is 4.89. The summed E-state index contributed by atoms with van der Waals surface area (Å²) in [7, 11) is 1.48. The van der Waals surface area contributed by atoms with Gasteiger partial charge in [-0.05, 0) is 39.8 Å². The minimum absolute atomic E-state index is 0.302. The van der Waals surface area contributed by atoms with Gasteiger partial charge in [0.15, 0.2) is 6.23 Å². The number of nitrogens with one attached hydrogen (secondary N) is 2. The minimum atomic E-state index is -1.27. The van der Waals surface area contributed by atoms with E-state index < -0.39 is 42.7 Å². The van der Waals surface area contributed by atoms with Gasteiger partial charge in [0.05, 0.1) is 6.10 Å². The molecule has 1 aromatic rings. The molecule has 1 aliphatic heterocycles. The second-order valence-corrected chi connectivity index (χ2v) is 12.8. The predicted octanol–water partition coefficient (Wildman–Crippen LogP) is 0.965. The molecule has 0 radical (unpaired) electrons. The largest absolute Gasteiger partial charge is 0.388 e. The summed E-state index contributed by atoms with van der Waals surface area (Å²) in [5.74, 6) is 0. The normalized spacial score (nSPS) is 24.6. The average molecular weight is 427 g/mol. The van der Waals surface area contributed by atoms with E-state index in [-0.39, 0.29) is 0 Å². The van der Waals surface area contributed by atoms with Crippen LogP contribution in [0.2, 0.25) is 0 Å². The summed E-state index contributed by atoms with van der Waals surface area (Å²) < 4.78 is 12.8. The zero-order valence-corrected chi connectivity index (χ0v) is 18.9. The number of ether oxygens (including phenoxy) is 2. The van der Waals surface area contributed by atoms with Crippen LogP contribution >= 0.6 is 6.89 Å². The maximum Gasteiger partial charge on any atom is 0.330 e. The minimum Gasteiger partial charge on any atom is -0.388 e. The molecule has 9 heteroatoms. The van der Waals surface area contributed by atoms with Gasteiger partial charge in [0, 0.05) is 32.0 Å². The SMILES string of the molecule is C=P(C)(C)CCC1OC(n2cc(CNCC=C(C)C)c(=O)[nH]c2=O)[C@H](OC)[C@@H]1O. The number of H-pyrrole nitrogens is 1. The van der Waals surface area contributed by atoms with Crippen LogP contribution in [0.3, 0.4) is 0 Å². The van der Waals surface area contributed by atoms with Crippen molar-refractivity contribution in [3.05, 3.63) is 44.2 Å². The van der Waals surface area contributed by atoms with Crippen molar-refractivity contribution >= 4 is 13.2 Å². The maximum atomic E-state index is 12.4. The Morgan fingerprint density at radius 3 is 2.72 bits per heavy atom. The highest BCUT2D eigenvalue weighted by Crippen LogP contribution is 2.39. The van der Waals surface area contributed by atoms with Crippen LogP contribution in [0, 0.1) is 0 Å². The molecule has 164 valence electrons. The van der Waals surface area contributed by atoms with E-state index in [2.05, 4.69) is 29.9 Å². The molecule has 0 amide bonds. The van der Waals surface area contributed by atoms with Gasteiger partial charge >= 0.3 is 5.69 Å². The summed E-state index contributed by atoms with van der Waals surface area (Å²) in [4.78, 5) is 27.0. The van der Waals surface area contributed by atoms with E-state index in [1.54, 1.807) is 0 Å². The van der Waals surface area contributed by atoms with Crippen molar-refractivity contribution in [1.82, 2.24) is 14.9 Å². The zero-order valence-electron chi connectivity index (χ0n) is 18.0. The summed E-state index contributed by atoms with van der Waals surface area (Å²) in [6.07, 6.45) is 6.35. The molecule has 1 saturated heterocycles. The van der Waals surface area contributed by atoms with Crippen LogP contribution in [-0.2, 0) is 16.0 Å². The van der Waals surface area contributed by atoms with Crippen LogP contribution in [-0.4, -0.2) is 72.4 Å². The van der Waals surface area contributed by atoms with Crippen molar-refractivity contribution in [2.75, 3.05) is 33.1 Å². The van der Waals surface area contributed by atoms with Crippen LogP contribution < -0.4 is 16.6 Å². The Morgan fingerprint density at radius 1 is 1.45 bits per heavy atom. The highest BCUT2D eigenvalue weighted by Gasteiger charge is 2.45. The smallest absolute Gasteiger partial charge is 0.330 e. The lowest BCUT2D eigenvalue weighted by Crippen LogP contribution is -2.40. The number of hydrogen-bond acceptors (Lipinski definition) is 6. The van der Waals surface area contributed by atoms with Gasteiger partial charge in [-0.3, -0.25) is 14.3 Å². The van der Waals surface area contributed by atoms with Crippen LogP contribution in [0.25, 0.3) is 0 Å². The first kappa shape index (κ1) is 23.8. The van der Waals surface area contributed by atoms with E-state index >= 15 is 0 Å². The third-order valence-corrected chi connectivity index (χ3v) is 6.36. The first-order chi connectivity index (χ1) is 13.5. The van der Waals surface area contributed by atoms with Crippen molar-refractivity contribution < 1.29 is 14.6 Å². The predicted molar refractivity (Wildman–Crippen MR) is 119 cm³/mol. The number of allylic oxidation sites excluding steroid dienone is 1. The van der Waals surface area contributed by atoms with Gasteiger partial charge in [0.2, 0.25) is 0 Å². The molecule has 0 aromatic carbocycles. The van der Waals surface area contributed by atoms with E-state index in [1.807, 2.05) is 19.9 Å². The summed E-state index contributed by atoms with van der Waals surface area (Å²) in [5.41, 5.74) is 0.552. The Morgan fingerprint density at radius 2 is 2.14 bits per heavy atom. The molecule has 4 atom stereocenters. The fourth-order valence-corrected chi connectivity index (χ4v) is 4.19. The Labute approximate surface area is 171 Å². The molecular formula is C20H34N3O5P. The van der Waals surface area contributed by atoms with Crippen LogP contribution in [0.1, 0.15) is 32.1 Å². The van der Waals surface area contributed by atoms with Gasteiger partial charge in [0.1, 0.15) is 12.2 Å². The summed E-state index contributed by atoms with van der Waals surface area (Å²) >= 11 is 0. The van der Waals surface area contributed by atoms with Gasteiger partial charge in [-0.15, -0.1) is 13.2 Å². The summed E-state index contributed by atoms with van der Waals surface area (Å²) in [6, 6.07) is 0. The second-order valence-electron chi connectivity index (χ2n) is 8.44. The van der Waals surface area contributed by atoms with E-state index in [4.69, 9.17) is 9.47 Å². The van der Waals surface area contributed by atoms with Crippen LogP contribution in [0.5, 0.6) is 0 Å². The molecule has 8 nitrogen and oxygen atoms in total. The number of aromatic nitrogens is 2. The van der Waals surface area contributed by atoms with Crippen molar-refractivity contribution in [3.8, 4) is 0 Å². The van der Waals surface area contributed by atoms with E-state index in [0.29, 0.717) is 25.1 Å². The standard InChI is InChI=1S/C20H34N3O5P/c1-13(2)7-9-21-11-14-12-23(20(26)22-18(14)25)19-17(27-3)16(24)15(28-19)8-10-29(4,5)6/h7,12,15-17,19,21,24H,4,8-11H2,1-3,5-6H3,(H,22,25,26)/t15?,16-,17-,19?/m1/s1. The Hall–Kier alpha value is -1.44. The number of nitrogens with zero attached hydrogens (tertiary/aromatic N) is 1. The Balaban J connectivity index is 2.23. The molecule has 2 rings (SSSR count). The molecule has 0 spiro atoms. The summed E-state index contributed by atoms with van der Waals surface area (Å²) in [5, 5.41) is 13.8. The molecule has 29 heavy (non-hydrogen) atoms. The van der Waals surface area contributed by atoms with Gasteiger partial charge in [-0.1, -0.05) is 11.6 Å². The maximum absolute atomic E-state index is 12.4. The van der Waals surface area contributed by atoms with Crippen molar-refractivity contribution in [2.24, 2.45) is 0 Å². The molecule has 2 heterocycles. The van der Waals surface area contributed by atoms with Gasteiger partial charge in [-0.25, -0.2) is 4.79 Å². The molecule has 1 aromatic heterocycles. The Kier molecular flexibility index (Phi) is 8.26. The molecule has 0 bridgehead atoms. The number of methoxy groups -OCH3 is 1. The molecule has 1 aliphatic rings. The van der Waals surface area contributed by atoms with Crippen molar-refractivity contribution in [1.29, 1.82) is 0 Å². The summed E-state index contributed by atoms with van der Waals surface area (Å²) in [6.45, 7) is 7.89. The monoisotopic (exact) mass is 427 g/mol. The molecule has 1 fully saturated rings. The van der Waals surface area contributed by atoms with Crippen molar-refractivity contribution in [3.63, 3.8) is 0 Å². The number of aromatic amines is 1. The Bertz CT molecular complexity index is 881. The molecule has 0 aliphatic carbocycles. The van der Waals surface area contributed by atoms with Gasteiger partial charge < -0.3 is 19.9 Å². The fourth-order valence-electron chi connectivity index (χ4n) is 3.24. The van der Waals surface area contributed by atoms with Crippen molar-refractivity contribution in [2.45, 2.75) is 51.4 Å². The van der Waals surface area contributed by atoms with E-state index in [1.165, 1.54) is 23.4 Å². The molecule has 0 saturated carbocycles. The lowest BCUT2D eigenvalue weighted by atomic mass is 10.1. The van der Waals surface area contributed by atoms with E-state index in [9.17, 15) is 14.7 Å². The number of aliphatic hydroxyl groups is 1. The quantitative estimate of drug-likeness (QED) is 0.308. The van der Waals surface area contributed by atoms with Gasteiger partial charge in [-0.2, -0.15) is 0 Å². The lowest BCUT2D eigenvalue weighted by Gasteiger charge is -2.21. The van der Waals surface area contributed by atoms with Crippen LogP contribution in [0.4, 0.5) is 0 Å². The lowest BCUT2D eigenvalue weighted by molar-refractivity contribution is -0.0542. The third kappa shape index (κ3) is 6.52. The van der Waals surface area contributed by atoms with Crippen LogP contribution in [0.15, 0.2) is 27.4 Å². The average Bonchev–Trinajstić information content (AvgIpc) is 2.93.